The van der Waals surface area contributed by atoms with E-state index in [-0.39, 0.29) is 24.2 Å². The molecule has 174 valence electrons. The van der Waals surface area contributed by atoms with Crippen molar-refractivity contribution >= 4 is 58.3 Å². The van der Waals surface area contributed by atoms with E-state index < -0.39 is 8.07 Å². The highest BCUT2D eigenvalue weighted by atomic mass is 79.9. The maximum Gasteiger partial charge on any atom is 0.418 e. The molecule has 1 saturated heterocycles. The van der Waals surface area contributed by atoms with Crippen molar-refractivity contribution in [3.8, 4) is 0 Å². The summed E-state index contributed by atoms with van der Waals surface area (Å²) in [5, 5.41) is 5.47. The lowest BCUT2D eigenvalue weighted by atomic mass is 9.81. The van der Waals surface area contributed by atoms with Crippen LogP contribution in [0.1, 0.15) is 29.7 Å². The SMILES string of the molecule is C[Si](C)(C)CCOC(=O)n1cc(C2Nc3ccc(Cl)cc3C3OCCC23)c2cc(Br)ccc21. The van der Waals surface area contributed by atoms with E-state index in [2.05, 4.69) is 47.0 Å². The molecule has 33 heavy (non-hydrogen) atoms. The third kappa shape index (κ3) is 4.48. The van der Waals surface area contributed by atoms with E-state index in [0.717, 1.165) is 44.7 Å². The topological polar surface area (TPSA) is 52.5 Å². The Balaban J connectivity index is 1.54. The summed E-state index contributed by atoms with van der Waals surface area (Å²) in [7, 11) is -1.29. The van der Waals surface area contributed by atoms with Gasteiger partial charge in [-0.2, -0.15) is 0 Å². The monoisotopic (exact) mass is 546 g/mol. The number of benzene rings is 2. The molecule has 1 N–H and O–H groups in total. The van der Waals surface area contributed by atoms with Crippen molar-refractivity contribution in [1.29, 1.82) is 0 Å². The van der Waals surface area contributed by atoms with Crippen LogP contribution in [0.5, 0.6) is 0 Å². The molecular weight excluding hydrogens is 520 g/mol. The molecule has 3 unspecified atom stereocenters. The minimum absolute atomic E-state index is 0.0130. The Labute approximate surface area is 208 Å². The van der Waals surface area contributed by atoms with Crippen molar-refractivity contribution in [2.45, 2.75) is 44.3 Å². The van der Waals surface area contributed by atoms with Crippen LogP contribution in [-0.4, -0.2) is 31.9 Å². The Morgan fingerprint density at radius 1 is 1.24 bits per heavy atom. The minimum atomic E-state index is -1.29. The Bertz CT molecular complexity index is 1220. The number of rotatable bonds is 4. The summed E-state index contributed by atoms with van der Waals surface area (Å²) in [4.78, 5) is 13.1. The molecule has 3 atom stereocenters. The summed E-state index contributed by atoms with van der Waals surface area (Å²) in [6, 6.07) is 12.9. The highest BCUT2D eigenvalue weighted by Crippen LogP contribution is 2.51. The van der Waals surface area contributed by atoms with Gasteiger partial charge in [-0.3, -0.25) is 4.57 Å². The van der Waals surface area contributed by atoms with Gasteiger partial charge in [0.25, 0.3) is 0 Å². The number of anilines is 1. The zero-order valence-corrected chi connectivity index (χ0v) is 22.4. The van der Waals surface area contributed by atoms with Crippen LogP contribution in [0.3, 0.4) is 0 Å². The average molecular weight is 548 g/mol. The van der Waals surface area contributed by atoms with Crippen LogP contribution in [-0.2, 0) is 9.47 Å². The summed E-state index contributed by atoms with van der Waals surface area (Å²) in [5.74, 6) is 0.247. The number of carbonyl (C=O) groups is 1. The fourth-order valence-corrected chi connectivity index (χ4v) is 6.15. The molecule has 1 aromatic heterocycles. The fourth-order valence-electron chi connectivity index (χ4n) is 4.89. The van der Waals surface area contributed by atoms with Gasteiger partial charge in [-0.25, -0.2) is 4.79 Å². The second kappa shape index (κ2) is 8.76. The van der Waals surface area contributed by atoms with Gasteiger partial charge in [0, 0.05) is 58.5 Å². The molecule has 3 heterocycles. The molecule has 0 saturated carbocycles. The van der Waals surface area contributed by atoms with Gasteiger partial charge >= 0.3 is 6.09 Å². The Kier molecular flexibility index (Phi) is 6.10. The maximum atomic E-state index is 13.1. The van der Waals surface area contributed by atoms with E-state index in [4.69, 9.17) is 21.1 Å². The largest absolute Gasteiger partial charge is 0.449 e. The third-order valence-electron chi connectivity index (χ3n) is 6.60. The first-order valence-electron chi connectivity index (χ1n) is 11.4. The van der Waals surface area contributed by atoms with Crippen LogP contribution >= 0.6 is 27.5 Å². The molecule has 0 radical (unpaired) electrons. The van der Waals surface area contributed by atoms with Gasteiger partial charge < -0.3 is 14.8 Å². The average Bonchev–Trinajstić information content (AvgIpc) is 3.37. The maximum absolute atomic E-state index is 13.1. The van der Waals surface area contributed by atoms with Crippen LogP contribution in [0.15, 0.2) is 47.1 Å². The van der Waals surface area contributed by atoms with Crippen LogP contribution in [0, 0.1) is 5.92 Å². The number of halogens is 2. The molecule has 0 spiro atoms. The molecular formula is C25H28BrClN2O3Si. The molecule has 2 aliphatic heterocycles. The van der Waals surface area contributed by atoms with E-state index in [1.54, 1.807) is 4.57 Å². The fraction of sp³-hybridized carbons (Fsp3) is 0.400. The summed E-state index contributed by atoms with van der Waals surface area (Å²) in [5.41, 5.74) is 4.07. The lowest BCUT2D eigenvalue weighted by Crippen LogP contribution is -2.29. The zero-order valence-electron chi connectivity index (χ0n) is 19.0. The normalized spacial score (nSPS) is 22.0. The number of fused-ring (bicyclic) bond motifs is 4. The number of hydrogen-bond acceptors (Lipinski definition) is 4. The number of nitrogens with one attached hydrogen (secondary N) is 1. The zero-order chi connectivity index (χ0) is 23.3. The van der Waals surface area contributed by atoms with Crippen LogP contribution in [0.2, 0.25) is 30.7 Å². The number of carbonyl (C=O) groups excluding carboxylic acids is 1. The molecule has 2 aromatic carbocycles. The molecule has 0 amide bonds. The van der Waals surface area contributed by atoms with Crippen LogP contribution in [0.4, 0.5) is 10.5 Å². The van der Waals surface area contributed by atoms with Gasteiger partial charge in [-0.05, 0) is 48.9 Å². The molecule has 5 nitrogen and oxygen atoms in total. The van der Waals surface area contributed by atoms with Crippen molar-refractivity contribution in [2.24, 2.45) is 5.92 Å². The molecule has 0 aliphatic carbocycles. The van der Waals surface area contributed by atoms with Crippen molar-refractivity contribution in [3.63, 3.8) is 0 Å². The lowest BCUT2D eigenvalue weighted by Gasteiger charge is -2.36. The lowest BCUT2D eigenvalue weighted by molar-refractivity contribution is 0.0830. The van der Waals surface area contributed by atoms with Gasteiger partial charge in [-0.1, -0.05) is 47.2 Å². The predicted molar refractivity (Wildman–Crippen MR) is 139 cm³/mol. The molecule has 3 aromatic rings. The van der Waals surface area contributed by atoms with E-state index in [0.29, 0.717) is 18.2 Å². The van der Waals surface area contributed by atoms with Crippen LogP contribution < -0.4 is 5.32 Å². The van der Waals surface area contributed by atoms with Crippen LogP contribution in [0.25, 0.3) is 10.9 Å². The summed E-state index contributed by atoms with van der Waals surface area (Å²) in [6.45, 7) is 8.00. The van der Waals surface area contributed by atoms with E-state index in [1.165, 1.54) is 0 Å². The van der Waals surface area contributed by atoms with E-state index >= 15 is 0 Å². The first kappa shape index (κ1) is 23.0. The van der Waals surface area contributed by atoms with Crippen molar-refractivity contribution < 1.29 is 14.3 Å². The van der Waals surface area contributed by atoms with Gasteiger partial charge in [-0.15, -0.1) is 0 Å². The second-order valence-corrected chi connectivity index (χ2v) is 17.1. The first-order valence-corrected chi connectivity index (χ1v) is 16.2. The van der Waals surface area contributed by atoms with Crippen molar-refractivity contribution in [1.82, 2.24) is 4.57 Å². The number of ether oxygens (including phenoxy) is 2. The smallest absolute Gasteiger partial charge is 0.418 e. The number of aromatic nitrogens is 1. The third-order valence-corrected chi connectivity index (χ3v) is 9.04. The van der Waals surface area contributed by atoms with E-state index in [1.807, 2.05) is 36.5 Å². The van der Waals surface area contributed by atoms with Gasteiger partial charge in [0.1, 0.15) is 0 Å². The highest BCUT2D eigenvalue weighted by Gasteiger charge is 2.42. The summed E-state index contributed by atoms with van der Waals surface area (Å²) < 4.78 is 14.5. The van der Waals surface area contributed by atoms with Gasteiger partial charge in [0.2, 0.25) is 0 Å². The Hall–Kier alpha value is -1.80. The van der Waals surface area contributed by atoms with Crippen molar-refractivity contribution in [3.05, 3.63) is 63.2 Å². The molecule has 5 rings (SSSR count). The minimum Gasteiger partial charge on any atom is -0.449 e. The quantitative estimate of drug-likeness (QED) is 0.341. The molecule has 8 heteroatoms. The Morgan fingerprint density at radius 3 is 2.85 bits per heavy atom. The van der Waals surface area contributed by atoms with Gasteiger partial charge in [0.15, 0.2) is 0 Å². The first-order chi connectivity index (χ1) is 15.7. The summed E-state index contributed by atoms with van der Waals surface area (Å²) in [6.07, 6.45) is 2.55. The van der Waals surface area contributed by atoms with Gasteiger partial charge in [0.05, 0.1) is 24.3 Å². The number of nitrogens with zero attached hydrogens (tertiary/aromatic N) is 1. The van der Waals surface area contributed by atoms with E-state index in [9.17, 15) is 4.79 Å². The summed E-state index contributed by atoms with van der Waals surface area (Å²) >= 11 is 9.89. The number of hydrogen-bond donors (Lipinski definition) is 1. The molecule has 2 aliphatic rings. The molecule has 1 fully saturated rings. The molecule has 0 bridgehead atoms. The Morgan fingerprint density at radius 2 is 2.06 bits per heavy atom. The standard InChI is InChI=1S/C25H28BrClN2O3Si/c1-33(2,3)11-10-32-25(30)29-14-20(18-12-15(26)4-7-22(18)29)23-17-8-9-31-24(17)19-13-16(27)5-6-21(19)28-23/h4-7,12-14,17,23-24,28H,8-11H2,1-3H3. The predicted octanol–water partition coefficient (Wildman–Crippen LogP) is 7.62. The van der Waals surface area contributed by atoms with Crippen molar-refractivity contribution in [2.75, 3.05) is 18.5 Å². The second-order valence-electron chi connectivity index (χ2n) is 10.1. The highest BCUT2D eigenvalue weighted by molar-refractivity contribution is 9.10.